The Morgan fingerprint density at radius 2 is 1.47 bits per heavy atom. The topological polar surface area (TPSA) is 75.0 Å². The quantitative estimate of drug-likeness (QED) is 0.0960. The highest BCUT2D eigenvalue weighted by atomic mass is 16.5. The zero-order valence-electron chi connectivity index (χ0n) is 20.8. The van der Waals surface area contributed by atoms with Crippen molar-refractivity contribution < 1.29 is 28.2 Å². The van der Waals surface area contributed by atoms with E-state index >= 15 is 0 Å². The van der Waals surface area contributed by atoms with E-state index < -0.39 is 5.97 Å². The van der Waals surface area contributed by atoms with Crippen molar-refractivity contribution >= 4 is 28.8 Å². The van der Waals surface area contributed by atoms with Gasteiger partial charge in [0.2, 0.25) is 0 Å². The SMILES string of the molecule is COc1ccc(C(=O)/C=C/c2cccc(OC(=O)c3c(-c4ccccc4)oc4ccc(OC)cc34)c2)cc1. The van der Waals surface area contributed by atoms with Gasteiger partial charge in [-0.05, 0) is 66.2 Å². The zero-order chi connectivity index (χ0) is 26.5. The van der Waals surface area contributed by atoms with E-state index in [4.69, 9.17) is 18.6 Å². The monoisotopic (exact) mass is 504 g/mol. The van der Waals surface area contributed by atoms with Gasteiger partial charge in [0.15, 0.2) is 5.78 Å². The van der Waals surface area contributed by atoms with Crippen LogP contribution >= 0.6 is 0 Å². The van der Waals surface area contributed by atoms with Crippen LogP contribution in [0.25, 0.3) is 28.4 Å². The number of esters is 1. The van der Waals surface area contributed by atoms with Crippen molar-refractivity contribution in [1.29, 1.82) is 0 Å². The van der Waals surface area contributed by atoms with Crippen LogP contribution in [0.4, 0.5) is 0 Å². The summed E-state index contributed by atoms with van der Waals surface area (Å²) >= 11 is 0. The third-order valence-corrected chi connectivity index (χ3v) is 6.01. The molecule has 1 heterocycles. The highest BCUT2D eigenvalue weighted by molar-refractivity contribution is 6.10. The Morgan fingerprint density at radius 1 is 0.737 bits per heavy atom. The van der Waals surface area contributed by atoms with E-state index in [1.165, 1.54) is 6.08 Å². The summed E-state index contributed by atoms with van der Waals surface area (Å²) < 4.78 is 22.4. The molecule has 5 aromatic rings. The normalized spacial score (nSPS) is 11.0. The van der Waals surface area contributed by atoms with Gasteiger partial charge in [0, 0.05) is 16.5 Å². The minimum atomic E-state index is -0.564. The number of hydrogen-bond acceptors (Lipinski definition) is 6. The molecule has 0 saturated heterocycles. The van der Waals surface area contributed by atoms with E-state index in [9.17, 15) is 9.59 Å². The molecule has 4 aromatic carbocycles. The Hall–Kier alpha value is -5.10. The molecule has 6 nitrogen and oxygen atoms in total. The van der Waals surface area contributed by atoms with Crippen LogP contribution in [0.5, 0.6) is 17.2 Å². The number of carbonyl (C=O) groups excluding carboxylic acids is 2. The van der Waals surface area contributed by atoms with E-state index in [1.54, 1.807) is 81.0 Å². The standard InChI is InChI=1S/C32H24O6/c1-35-24-14-12-22(13-15-24)28(33)17-11-21-7-6-10-26(19-21)37-32(34)30-27-20-25(36-2)16-18-29(27)38-31(30)23-8-4-3-5-9-23/h3-20H,1-2H3/b17-11+. The van der Waals surface area contributed by atoms with Crippen molar-refractivity contribution in [1.82, 2.24) is 0 Å². The van der Waals surface area contributed by atoms with E-state index in [2.05, 4.69) is 0 Å². The van der Waals surface area contributed by atoms with Gasteiger partial charge in [0.05, 0.1) is 14.2 Å². The van der Waals surface area contributed by atoms with Crippen LogP contribution in [-0.4, -0.2) is 26.0 Å². The number of allylic oxidation sites excluding steroid dienone is 1. The van der Waals surface area contributed by atoms with Crippen molar-refractivity contribution in [2.45, 2.75) is 0 Å². The fraction of sp³-hybridized carbons (Fsp3) is 0.0625. The highest BCUT2D eigenvalue weighted by Gasteiger charge is 2.24. The first-order chi connectivity index (χ1) is 18.6. The maximum Gasteiger partial charge on any atom is 0.348 e. The van der Waals surface area contributed by atoms with Gasteiger partial charge in [0.25, 0.3) is 0 Å². The summed E-state index contributed by atoms with van der Waals surface area (Å²) in [6, 6.07) is 28.5. The second kappa shape index (κ2) is 10.9. The van der Waals surface area contributed by atoms with Gasteiger partial charge in [-0.2, -0.15) is 0 Å². The molecule has 1 aromatic heterocycles. The summed E-state index contributed by atoms with van der Waals surface area (Å²) in [5, 5.41) is 0.592. The van der Waals surface area contributed by atoms with E-state index in [-0.39, 0.29) is 5.78 Å². The number of methoxy groups -OCH3 is 2. The molecule has 0 amide bonds. The van der Waals surface area contributed by atoms with Crippen molar-refractivity contribution in [3.8, 4) is 28.6 Å². The van der Waals surface area contributed by atoms with Crippen molar-refractivity contribution in [3.63, 3.8) is 0 Å². The summed E-state index contributed by atoms with van der Waals surface area (Å²) in [6.45, 7) is 0. The van der Waals surface area contributed by atoms with Gasteiger partial charge in [-0.3, -0.25) is 4.79 Å². The Bertz CT molecular complexity index is 1630. The van der Waals surface area contributed by atoms with Crippen LogP contribution < -0.4 is 14.2 Å². The van der Waals surface area contributed by atoms with Crippen molar-refractivity contribution in [2.24, 2.45) is 0 Å². The van der Waals surface area contributed by atoms with Crippen LogP contribution in [0, 0.1) is 0 Å². The molecule has 0 unspecified atom stereocenters. The van der Waals surface area contributed by atoms with Crippen LogP contribution in [0.1, 0.15) is 26.3 Å². The molecule has 0 aliphatic carbocycles. The highest BCUT2D eigenvalue weighted by Crippen LogP contribution is 2.36. The molecule has 6 heteroatoms. The molecule has 0 fully saturated rings. The Labute approximate surface area is 219 Å². The van der Waals surface area contributed by atoms with E-state index in [0.717, 1.165) is 5.56 Å². The summed E-state index contributed by atoms with van der Waals surface area (Å²) in [7, 11) is 3.14. The summed E-state index contributed by atoms with van der Waals surface area (Å²) in [4.78, 5) is 26.0. The Morgan fingerprint density at radius 3 is 2.21 bits per heavy atom. The molecule has 0 N–H and O–H groups in total. The van der Waals surface area contributed by atoms with Gasteiger partial charge in [-0.15, -0.1) is 0 Å². The molecule has 0 bridgehead atoms. The summed E-state index contributed by atoms with van der Waals surface area (Å²) in [6.07, 6.45) is 3.16. The van der Waals surface area contributed by atoms with Crippen LogP contribution in [-0.2, 0) is 0 Å². The molecule has 0 radical (unpaired) electrons. The first-order valence-electron chi connectivity index (χ1n) is 11.9. The zero-order valence-corrected chi connectivity index (χ0v) is 20.8. The van der Waals surface area contributed by atoms with Crippen molar-refractivity contribution in [3.05, 3.63) is 120 Å². The molecule has 0 spiro atoms. The first kappa shape index (κ1) is 24.6. The number of rotatable bonds is 8. The molecule has 38 heavy (non-hydrogen) atoms. The van der Waals surface area contributed by atoms with Gasteiger partial charge in [-0.25, -0.2) is 4.79 Å². The molecule has 0 saturated carbocycles. The molecule has 0 aliphatic heterocycles. The van der Waals surface area contributed by atoms with Crippen LogP contribution in [0.3, 0.4) is 0 Å². The van der Waals surface area contributed by atoms with E-state index in [1.807, 2.05) is 36.4 Å². The smallest absolute Gasteiger partial charge is 0.348 e. The maximum atomic E-state index is 13.5. The summed E-state index contributed by atoms with van der Waals surface area (Å²) in [5.41, 5.74) is 2.86. The lowest BCUT2D eigenvalue weighted by Gasteiger charge is -2.07. The third-order valence-electron chi connectivity index (χ3n) is 6.01. The molecule has 0 aliphatic rings. The van der Waals surface area contributed by atoms with Gasteiger partial charge < -0.3 is 18.6 Å². The molecule has 0 atom stereocenters. The molecular formula is C32H24O6. The first-order valence-corrected chi connectivity index (χ1v) is 11.9. The Kier molecular flexibility index (Phi) is 7.04. The van der Waals surface area contributed by atoms with Gasteiger partial charge >= 0.3 is 5.97 Å². The largest absolute Gasteiger partial charge is 0.497 e. The predicted molar refractivity (Wildman–Crippen MR) is 146 cm³/mol. The molecule has 5 rings (SSSR count). The Balaban J connectivity index is 1.42. The number of furan rings is 1. The maximum absolute atomic E-state index is 13.5. The van der Waals surface area contributed by atoms with Crippen molar-refractivity contribution in [2.75, 3.05) is 14.2 Å². The summed E-state index contributed by atoms with van der Waals surface area (Å²) in [5.74, 6) is 1.32. The lowest BCUT2D eigenvalue weighted by atomic mass is 10.1. The third kappa shape index (κ3) is 5.20. The average Bonchev–Trinajstić information content (AvgIpc) is 3.35. The van der Waals surface area contributed by atoms with Gasteiger partial charge in [0.1, 0.15) is 34.2 Å². The lowest BCUT2D eigenvalue weighted by molar-refractivity contribution is 0.0736. The van der Waals surface area contributed by atoms with Crippen LogP contribution in [0.15, 0.2) is 108 Å². The fourth-order valence-corrected chi connectivity index (χ4v) is 4.06. The number of ether oxygens (including phenoxy) is 3. The predicted octanol–water partition coefficient (Wildman–Crippen LogP) is 7.23. The second-order valence-corrected chi connectivity index (χ2v) is 8.42. The molecule has 188 valence electrons. The number of fused-ring (bicyclic) bond motifs is 1. The minimum Gasteiger partial charge on any atom is -0.497 e. The molecular weight excluding hydrogens is 480 g/mol. The fourth-order valence-electron chi connectivity index (χ4n) is 4.06. The minimum absolute atomic E-state index is 0.152. The number of hydrogen-bond donors (Lipinski definition) is 0. The van der Waals surface area contributed by atoms with E-state index in [0.29, 0.717) is 50.7 Å². The van der Waals surface area contributed by atoms with Gasteiger partial charge in [-0.1, -0.05) is 48.5 Å². The number of benzene rings is 4. The number of ketones is 1. The second-order valence-electron chi connectivity index (χ2n) is 8.42. The number of carbonyl (C=O) groups is 2. The lowest BCUT2D eigenvalue weighted by Crippen LogP contribution is -2.09. The van der Waals surface area contributed by atoms with Crippen LogP contribution in [0.2, 0.25) is 0 Å². The average molecular weight is 505 g/mol.